The molecule has 178 valence electrons. The third-order valence-corrected chi connectivity index (χ3v) is 6.26. The second-order valence-electron chi connectivity index (χ2n) is 9.83. The molecule has 0 unspecified atom stereocenters. The topological polar surface area (TPSA) is 67.8 Å². The van der Waals surface area contributed by atoms with Gasteiger partial charge in [0.15, 0.2) is 0 Å². The maximum absolute atomic E-state index is 13.1. The van der Waals surface area contributed by atoms with Gasteiger partial charge < -0.3 is 10.1 Å². The molecule has 32 heavy (non-hydrogen) atoms. The molecule has 1 fully saturated rings. The number of amides is 1. The van der Waals surface area contributed by atoms with Crippen LogP contribution in [0.4, 0.5) is 5.69 Å². The summed E-state index contributed by atoms with van der Waals surface area (Å²) in [6.45, 7) is 8.30. The smallest absolute Gasteiger partial charge is 0.306 e. The minimum atomic E-state index is -0.494. The highest BCUT2D eigenvalue weighted by atomic mass is 32.1. The predicted octanol–water partition coefficient (Wildman–Crippen LogP) is 6.21. The summed E-state index contributed by atoms with van der Waals surface area (Å²) in [4.78, 5) is 30.6. The van der Waals surface area contributed by atoms with Crippen molar-refractivity contribution >= 4 is 36.4 Å². The molecule has 1 aliphatic carbocycles. The first kappa shape index (κ1) is 26.4. The van der Waals surface area contributed by atoms with Crippen molar-refractivity contribution in [2.45, 2.75) is 102 Å². The molecule has 1 N–H and O–H groups in total. The molecule has 1 saturated carbocycles. The fraction of sp³-hybridized carbons (Fsp3) is 0.654. The molecule has 0 atom stereocenters. The quantitative estimate of drug-likeness (QED) is 0.189. The number of carbonyl (C=O) groups excluding carboxylic acids is 2. The average Bonchev–Trinajstić information content (AvgIpc) is 2.74. The highest BCUT2D eigenvalue weighted by Gasteiger charge is 2.39. The number of nitrogens with one attached hydrogen (secondary N) is 1. The Kier molecular flexibility index (Phi) is 10.3. The highest BCUT2D eigenvalue weighted by molar-refractivity contribution is 7.80. The van der Waals surface area contributed by atoms with Crippen LogP contribution in [0.5, 0.6) is 0 Å². The SMILES string of the molecule is CCC=Nc1ccc(CCCNC(=O)C2(CCC(=O)OC(C)(C)C)CCCCC2)cc1S. The second kappa shape index (κ2) is 12.4. The summed E-state index contributed by atoms with van der Waals surface area (Å²) in [5.41, 5.74) is 1.15. The van der Waals surface area contributed by atoms with E-state index in [2.05, 4.69) is 42.0 Å². The van der Waals surface area contributed by atoms with Gasteiger partial charge in [0.1, 0.15) is 5.60 Å². The monoisotopic (exact) mass is 460 g/mol. The van der Waals surface area contributed by atoms with E-state index < -0.39 is 11.0 Å². The molecule has 6 heteroatoms. The van der Waals surface area contributed by atoms with Crippen LogP contribution in [0, 0.1) is 5.41 Å². The lowest BCUT2D eigenvalue weighted by Crippen LogP contribution is -2.43. The summed E-state index contributed by atoms with van der Waals surface area (Å²) in [6, 6.07) is 6.13. The van der Waals surface area contributed by atoms with Gasteiger partial charge >= 0.3 is 5.97 Å². The Balaban J connectivity index is 1.86. The number of hydrogen-bond acceptors (Lipinski definition) is 5. The van der Waals surface area contributed by atoms with E-state index in [4.69, 9.17) is 4.74 Å². The van der Waals surface area contributed by atoms with E-state index in [0.29, 0.717) is 19.4 Å². The number of aryl methyl sites for hydroxylation is 1. The molecule has 0 saturated heterocycles. The summed E-state index contributed by atoms with van der Waals surface area (Å²) in [7, 11) is 0. The van der Waals surface area contributed by atoms with Gasteiger partial charge in [-0.2, -0.15) is 0 Å². The van der Waals surface area contributed by atoms with Crippen molar-refractivity contribution in [3.05, 3.63) is 23.8 Å². The van der Waals surface area contributed by atoms with E-state index in [0.717, 1.165) is 61.9 Å². The zero-order valence-corrected chi connectivity index (χ0v) is 21.1. The van der Waals surface area contributed by atoms with Gasteiger partial charge in [-0.3, -0.25) is 14.6 Å². The molecule has 1 aliphatic rings. The van der Waals surface area contributed by atoms with Crippen molar-refractivity contribution in [3.63, 3.8) is 0 Å². The summed E-state index contributed by atoms with van der Waals surface area (Å²) in [5, 5.41) is 3.16. The Morgan fingerprint density at radius 2 is 1.94 bits per heavy atom. The van der Waals surface area contributed by atoms with Crippen molar-refractivity contribution in [1.29, 1.82) is 0 Å². The Bertz CT molecular complexity index is 793. The Morgan fingerprint density at radius 1 is 1.22 bits per heavy atom. The van der Waals surface area contributed by atoms with Gasteiger partial charge in [0.2, 0.25) is 5.91 Å². The first-order chi connectivity index (χ1) is 15.1. The van der Waals surface area contributed by atoms with Gasteiger partial charge in [-0.05, 0) is 77.0 Å². The maximum atomic E-state index is 13.1. The number of rotatable bonds is 10. The van der Waals surface area contributed by atoms with Gasteiger partial charge in [-0.25, -0.2) is 0 Å². The Hall–Kier alpha value is -1.82. The molecule has 1 aromatic carbocycles. The van der Waals surface area contributed by atoms with Crippen LogP contribution < -0.4 is 5.32 Å². The van der Waals surface area contributed by atoms with Gasteiger partial charge in [-0.15, -0.1) is 12.6 Å². The summed E-state index contributed by atoms with van der Waals surface area (Å²) >= 11 is 4.54. The lowest BCUT2D eigenvalue weighted by Gasteiger charge is -2.36. The molecule has 0 aliphatic heterocycles. The van der Waals surface area contributed by atoms with Crippen LogP contribution in [0.3, 0.4) is 0 Å². The summed E-state index contributed by atoms with van der Waals surface area (Å²) in [5.74, 6) is -0.121. The van der Waals surface area contributed by atoms with E-state index in [1.807, 2.05) is 33.1 Å². The third-order valence-electron chi connectivity index (χ3n) is 5.90. The normalized spacial score (nSPS) is 16.2. The van der Waals surface area contributed by atoms with Crippen molar-refractivity contribution in [3.8, 4) is 0 Å². The molecule has 1 amide bonds. The van der Waals surface area contributed by atoms with Crippen molar-refractivity contribution in [2.24, 2.45) is 10.4 Å². The standard InChI is InChI=1S/C26H40N2O3S/c1-5-17-27-21-12-11-20(19-22(21)32)10-9-18-28-24(30)26(14-7-6-8-15-26)16-13-23(29)31-25(2,3)4/h11-12,17,19,32H,5-10,13-16,18H2,1-4H3,(H,28,30). The van der Waals surface area contributed by atoms with Crippen LogP contribution in [0.25, 0.3) is 0 Å². The number of thiol groups is 1. The first-order valence-electron chi connectivity index (χ1n) is 12.0. The zero-order valence-electron chi connectivity index (χ0n) is 20.2. The fourth-order valence-electron chi connectivity index (χ4n) is 4.26. The molecule has 0 aromatic heterocycles. The molecule has 0 heterocycles. The number of nitrogens with zero attached hydrogens (tertiary/aromatic N) is 1. The largest absolute Gasteiger partial charge is 0.460 e. The Labute approximate surface area is 199 Å². The minimum Gasteiger partial charge on any atom is -0.460 e. The van der Waals surface area contributed by atoms with E-state index in [1.54, 1.807) is 0 Å². The predicted molar refractivity (Wildman–Crippen MR) is 134 cm³/mol. The van der Waals surface area contributed by atoms with Crippen LogP contribution in [0.1, 0.15) is 91.0 Å². The molecule has 0 spiro atoms. The third kappa shape index (κ3) is 8.61. The molecule has 0 radical (unpaired) electrons. The fourth-order valence-corrected chi connectivity index (χ4v) is 4.56. The zero-order chi connectivity index (χ0) is 23.6. The number of aliphatic imine (C=N–C) groups is 1. The molecule has 5 nitrogen and oxygen atoms in total. The maximum Gasteiger partial charge on any atom is 0.306 e. The number of ether oxygens (including phenoxy) is 1. The van der Waals surface area contributed by atoms with Crippen molar-refractivity contribution in [1.82, 2.24) is 5.32 Å². The van der Waals surface area contributed by atoms with Gasteiger partial charge in [0.25, 0.3) is 0 Å². The van der Waals surface area contributed by atoms with Gasteiger partial charge in [0.05, 0.1) is 5.69 Å². The van der Waals surface area contributed by atoms with E-state index in [-0.39, 0.29) is 11.9 Å². The molecule has 1 aromatic rings. The van der Waals surface area contributed by atoms with Crippen LogP contribution in [-0.2, 0) is 20.7 Å². The Morgan fingerprint density at radius 3 is 2.56 bits per heavy atom. The van der Waals surface area contributed by atoms with Crippen molar-refractivity contribution < 1.29 is 14.3 Å². The summed E-state index contributed by atoms with van der Waals surface area (Å²) < 4.78 is 5.46. The van der Waals surface area contributed by atoms with Crippen LogP contribution in [-0.4, -0.2) is 30.2 Å². The molecular weight excluding hydrogens is 420 g/mol. The van der Waals surface area contributed by atoms with Crippen molar-refractivity contribution in [2.75, 3.05) is 6.54 Å². The van der Waals surface area contributed by atoms with E-state index in [9.17, 15) is 9.59 Å². The van der Waals surface area contributed by atoms with Gasteiger partial charge in [0, 0.05) is 29.5 Å². The first-order valence-corrected chi connectivity index (χ1v) is 12.4. The lowest BCUT2D eigenvalue weighted by molar-refractivity contribution is -0.156. The van der Waals surface area contributed by atoms with Crippen LogP contribution >= 0.6 is 12.6 Å². The minimum absolute atomic E-state index is 0.0971. The highest BCUT2D eigenvalue weighted by Crippen LogP contribution is 2.40. The average molecular weight is 461 g/mol. The number of benzene rings is 1. The second-order valence-corrected chi connectivity index (χ2v) is 10.3. The molecule has 2 rings (SSSR count). The van der Waals surface area contributed by atoms with Gasteiger partial charge in [-0.1, -0.05) is 32.3 Å². The summed E-state index contributed by atoms with van der Waals surface area (Å²) in [6.07, 6.45) is 10.3. The number of carbonyl (C=O) groups is 2. The number of hydrogen-bond donors (Lipinski definition) is 2. The van der Waals surface area contributed by atoms with Crippen LogP contribution in [0.2, 0.25) is 0 Å². The molecule has 0 bridgehead atoms. The van der Waals surface area contributed by atoms with Crippen LogP contribution in [0.15, 0.2) is 28.1 Å². The number of esters is 1. The van der Waals surface area contributed by atoms with E-state index in [1.165, 1.54) is 5.56 Å². The molecular formula is C26H40N2O3S. The lowest BCUT2D eigenvalue weighted by atomic mass is 9.70. The van der Waals surface area contributed by atoms with E-state index >= 15 is 0 Å².